The summed E-state index contributed by atoms with van der Waals surface area (Å²) in [4.78, 5) is 0. The molecule has 0 spiro atoms. The van der Waals surface area contributed by atoms with E-state index in [1.165, 1.54) is 21.7 Å². The third-order valence-electron chi connectivity index (χ3n) is 0.890. The maximum atomic E-state index is 2.97. The Hall–Kier alpha value is 0.779. The first-order valence-corrected chi connectivity index (χ1v) is 3.58. The van der Waals surface area contributed by atoms with Gasteiger partial charge in [-0.15, -0.1) is 0 Å². The van der Waals surface area contributed by atoms with Crippen LogP contribution in [0.4, 0.5) is 0 Å². The van der Waals surface area contributed by atoms with Crippen molar-refractivity contribution < 1.29 is 0 Å². The van der Waals surface area contributed by atoms with Crippen molar-refractivity contribution in [2.75, 3.05) is 0 Å². The zero-order valence-corrected chi connectivity index (χ0v) is 6.66. The van der Waals surface area contributed by atoms with Gasteiger partial charge in [-0.1, -0.05) is 0 Å². The van der Waals surface area contributed by atoms with Crippen LogP contribution in [0.3, 0.4) is 0 Å². The molecule has 0 aromatic rings. The van der Waals surface area contributed by atoms with Crippen LogP contribution in [0, 0.1) is 0 Å². The predicted molar refractivity (Wildman–Crippen MR) is 30.8 cm³/mol. The van der Waals surface area contributed by atoms with Gasteiger partial charge in [0.1, 0.15) is 0 Å². The van der Waals surface area contributed by atoms with Gasteiger partial charge in [-0.25, -0.2) is 0 Å². The summed E-state index contributed by atoms with van der Waals surface area (Å²) < 4.78 is 2.85. The van der Waals surface area contributed by atoms with Crippen LogP contribution in [-0.4, -0.2) is 40.0 Å². The first kappa shape index (κ1) is 4.93. The number of hydrogen-bond acceptors (Lipinski definition) is 0. The Labute approximate surface area is 53.0 Å². The predicted octanol–water partition coefficient (Wildman–Crippen LogP) is -0.538. The average molecular weight is 210 g/mol. The molecule has 0 nitrogen and oxygen atoms in total. The van der Waals surface area contributed by atoms with Crippen molar-refractivity contribution in [1.29, 1.82) is 0 Å². The second kappa shape index (κ2) is 1.71. The minimum absolute atomic E-state index is 1.27. The summed E-state index contributed by atoms with van der Waals surface area (Å²) in [6, 6.07) is 0. The van der Waals surface area contributed by atoms with Crippen LogP contribution in [0.5, 0.6) is 0 Å². The first-order valence-electron chi connectivity index (χ1n) is 1.87. The average Bonchev–Trinajstić information content (AvgIpc) is 1.61. The van der Waals surface area contributed by atoms with E-state index >= 15 is 0 Å². The van der Waals surface area contributed by atoms with E-state index in [1.54, 1.807) is 0 Å². The summed E-state index contributed by atoms with van der Waals surface area (Å²) in [7, 11) is 0. The summed E-state index contributed by atoms with van der Waals surface area (Å²) in [6.07, 6.45) is 2.53. The van der Waals surface area contributed by atoms with Crippen molar-refractivity contribution in [2.24, 2.45) is 0 Å². The zero-order chi connectivity index (χ0) is 4.57. The molecule has 0 N–H and O–H groups in total. The van der Waals surface area contributed by atoms with Crippen molar-refractivity contribution in [2.45, 2.75) is 12.8 Å². The van der Waals surface area contributed by atoms with Crippen LogP contribution >= 0.6 is 0 Å². The van der Waals surface area contributed by atoms with Crippen LogP contribution in [0.25, 0.3) is 0 Å². The second-order valence-electron chi connectivity index (χ2n) is 1.35. The number of hydrogen-bond donors (Lipinski definition) is 0. The maximum absolute atomic E-state index is 2.97. The molecule has 6 heavy (non-hydrogen) atoms. The molecule has 2 heteroatoms. The second-order valence-corrected chi connectivity index (χ2v) is 3.41. The van der Waals surface area contributed by atoms with Crippen molar-refractivity contribution in [3.05, 3.63) is 0 Å². The van der Waals surface area contributed by atoms with E-state index in [1.807, 2.05) is 0 Å². The topological polar surface area (TPSA) is 0 Å². The Bertz CT molecular complexity index is 90.1. The summed E-state index contributed by atoms with van der Waals surface area (Å²) in [6.45, 7) is 0. The van der Waals surface area contributed by atoms with Crippen LogP contribution < -0.4 is 0 Å². The minimum atomic E-state index is 1.27. The normalized spacial score (nSPS) is 20.7. The van der Waals surface area contributed by atoms with Crippen molar-refractivity contribution in [1.82, 2.24) is 0 Å². The summed E-state index contributed by atoms with van der Waals surface area (Å²) in [5.41, 5.74) is 0. The molecule has 0 saturated heterocycles. The molecule has 0 aromatic heterocycles. The molecular formula is C4H4Se2. The van der Waals surface area contributed by atoms with E-state index in [4.69, 9.17) is 0 Å². The zero-order valence-electron chi connectivity index (χ0n) is 3.23. The Morgan fingerprint density at radius 3 is 1.33 bits per heavy atom. The van der Waals surface area contributed by atoms with Crippen LogP contribution in [0.1, 0.15) is 12.8 Å². The fourth-order valence-corrected chi connectivity index (χ4v) is 1.19. The van der Waals surface area contributed by atoms with Gasteiger partial charge in [0.2, 0.25) is 0 Å². The summed E-state index contributed by atoms with van der Waals surface area (Å²) >= 11 is 5.95. The third-order valence-corrected chi connectivity index (χ3v) is 3.44. The monoisotopic (exact) mass is 212 g/mol. The van der Waals surface area contributed by atoms with E-state index in [0.29, 0.717) is 0 Å². The fraction of sp³-hybridized carbons (Fsp3) is 0.500. The molecule has 0 atom stereocenters. The van der Waals surface area contributed by atoms with Gasteiger partial charge in [-0.2, -0.15) is 0 Å². The molecule has 1 aliphatic carbocycles. The van der Waals surface area contributed by atoms with Gasteiger partial charge in [0, 0.05) is 0 Å². The molecule has 1 rings (SSSR count). The molecule has 0 amide bonds. The van der Waals surface area contributed by atoms with Gasteiger partial charge in [0.05, 0.1) is 0 Å². The molecule has 0 unspecified atom stereocenters. The summed E-state index contributed by atoms with van der Waals surface area (Å²) in [5, 5.41) is 0. The van der Waals surface area contributed by atoms with Crippen LogP contribution in [-0.2, 0) is 0 Å². The molecular weight excluding hydrogens is 206 g/mol. The molecule has 1 fully saturated rings. The molecule has 0 heterocycles. The van der Waals surface area contributed by atoms with Gasteiger partial charge < -0.3 is 0 Å². The molecule has 0 radical (unpaired) electrons. The van der Waals surface area contributed by atoms with Gasteiger partial charge >= 0.3 is 52.8 Å². The molecule has 0 bridgehead atoms. The van der Waals surface area contributed by atoms with Crippen molar-refractivity contribution >= 4 is 40.0 Å². The van der Waals surface area contributed by atoms with E-state index in [9.17, 15) is 0 Å². The van der Waals surface area contributed by atoms with Gasteiger partial charge in [0.15, 0.2) is 0 Å². The van der Waals surface area contributed by atoms with Crippen molar-refractivity contribution in [3.63, 3.8) is 0 Å². The van der Waals surface area contributed by atoms with E-state index < -0.39 is 0 Å². The molecule has 0 aromatic carbocycles. The Morgan fingerprint density at radius 1 is 1.00 bits per heavy atom. The van der Waals surface area contributed by atoms with E-state index in [0.717, 1.165) is 0 Å². The quantitative estimate of drug-likeness (QED) is 0.471. The molecule has 32 valence electrons. The Kier molecular flexibility index (Phi) is 1.41. The summed E-state index contributed by atoms with van der Waals surface area (Å²) in [5.74, 6) is 0. The first-order chi connectivity index (χ1) is 2.80. The van der Waals surface area contributed by atoms with Crippen LogP contribution in [0.2, 0.25) is 0 Å². The third kappa shape index (κ3) is 0.714. The Balaban J connectivity index is 2.61. The fourth-order valence-electron chi connectivity index (χ4n) is 0.329. The van der Waals surface area contributed by atoms with E-state index in [2.05, 4.69) is 31.2 Å². The standard InChI is InChI=1S/C4H4Se2/c5-3-1-2-4(3)6/h1-2H2. The van der Waals surface area contributed by atoms with Gasteiger partial charge in [-0.05, 0) is 0 Å². The molecule has 1 saturated carbocycles. The molecule has 0 aliphatic heterocycles. The van der Waals surface area contributed by atoms with Gasteiger partial charge in [-0.3, -0.25) is 0 Å². The van der Waals surface area contributed by atoms with E-state index in [-0.39, 0.29) is 0 Å². The molecule has 1 aliphatic rings. The SMILES string of the molecule is [Se]=C1CCC1=[Se]. The van der Waals surface area contributed by atoms with Gasteiger partial charge in [0.25, 0.3) is 0 Å². The van der Waals surface area contributed by atoms with Crippen molar-refractivity contribution in [3.8, 4) is 0 Å². The van der Waals surface area contributed by atoms with Crippen LogP contribution in [0.15, 0.2) is 0 Å². The Morgan fingerprint density at radius 2 is 1.33 bits per heavy atom. The number of rotatable bonds is 0.